The Balaban J connectivity index is 1.76. The first-order chi connectivity index (χ1) is 15.2. The standard InChI is InChI=1S/C22H20F3N3O3S/c1-14-8-9-16(20(30)31-2)10-17(14)27-19(29)12-32-21-26-11-18(15-6-4-3-5-7-15)28(21)13-22(23,24)25/h3-11H,12-13H2,1-2H3,(H,27,29). The Labute approximate surface area is 186 Å². The van der Waals surface area contributed by atoms with Crippen LogP contribution in [0.25, 0.3) is 11.3 Å². The number of aryl methyl sites for hydroxylation is 1. The van der Waals surface area contributed by atoms with Crippen molar-refractivity contribution >= 4 is 29.3 Å². The van der Waals surface area contributed by atoms with Gasteiger partial charge in [-0.25, -0.2) is 9.78 Å². The van der Waals surface area contributed by atoms with Crippen LogP contribution in [0.3, 0.4) is 0 Å². The molecule has 0 saturated heterocycles. The van der Waals surface area contributed by atoms with Crippen LogP contribution < -0.4 is 5.32 Å². The lowest BCUT2D eigenvalue weighted by molar-refractivity contribution is -0.141. The third kappa shape index (κ3) is 5.91. The number of anilines is 1. The molecule has 1 aromatic heterocycles. The van der Waals surface area contributed by atoms with Crippen molar-refractivity contribution in [2.75, 3.05) is 18.2 Å². The van der Waals surface area contributed by atoms with E-state index in [1.807, 2.05) is 0 Å². The van der Waals surface area contributed by atoms with E-state index in [-0.39, 0.29) is 16.5 Å². The van der Waals surface area contributed by atoms with Crippen LogP contribution in [0.15, 0.2) is 59.9 Å². The Bertz CT molecular complexity index is 1110. The molecule has 3 rings (SSSR count). The second kappa shape index (κ2) is 9.90. The number of halogens is 3. The highest BCUT2D eigenvalue weighted by Crippen LogP contribution is 2.30. The number of hydrogen-bond acceptors (Lipinski definition) is 5. The molecule has 0 saturated carbocycles. The zero-order valence-corrected chi connectivity index (χ0v) is 18.1. The fourth-order valence-corrected chi connectivity index (χ4v) is 3.74. The SMILES string of the molecule is COC(=O)c1ccc(C)c(NC(=O)CSc2ncc(-c3ccccc3)n2CC(F)(F)F)c1. The van der Waals surface area contributed by atoms with E-state index in [1.165, 1.54) is 19.4 Å². The van der Waals surface area contributed by atoms with Gasteiger partial charge in [0.25, 0.3) is 0 Å². The van der Waals surface area contributed by atoms with E-state index in [0.717, 1.165) is 21.9 Å². The second-order valence-corrected chi connectivity index (χ2v) is 7.79. The highest BCUT2D eigenvalue weighted by atomic mass is 32.2. The number of imidazole rings is 1. The fraction of sp³-hybridized carbons (Fsp3) is 0.227. The summed E-state index contributed by atoms with van der Waals surface area (Å²) >= 11 is 0.900. The lowest BCUT2D eigenvalue weighted by Gasteiger charge is -2.14. The lowest BCUT2D eigenvalue weighted by atomic mass is 10.1. The van der Waals surface area contributed by atoms with Crippen LogP contribution in [-0.2, 0) is 16.1 Å². The van der Waals surface area contributed by atoms with Crippen molar-refractivity contribution in [2.45, 2.75) is 24.8 Å². The lowest BCUT2D eigenvalue weighted by Crippen LogP contribution is -2.20. The van der Waals surface area contributed by atoms with Gasteiger partial charge < -0.3 is 14.6 Å². The van der Waals surface area contributed by atoms with E-state index in [9.17, 15) is 22.8 Å². The molecular formula is C22H20F3N3O3S. The number of methoxy groups -OCH3 is 1. The smallest absolute Gasteiger partial charge is 0.406 e. The van der Waals surface area contributed by atoms with Gasteiger partial charge in [-0.1, -0.05) is 48.2 Å². The summed E-state index contributed by atoms with van der Waals surface area (Å²) in [5, 5.41) is 2.76. The molecule has 6 nitrogen and oxygen atoms in total. The summed E-state index contributed by atoms with van der Waals surface area (Å²) in [5.41, 5.74) is 2.32. The van der Waals surface area contributed by atoms with Crippen molar-refractivity contribution in [3.8, 4) is 11.3 Å². The summed E-state index contributed by atoms with van der Waals surface area (Å²) in [6.45, 7) is 0.535. The summed E-state index contributed by atoms with van der Waals surface area (Å²) in [7, 11) is 1.25. The summed E-state index contributed by atoms with van der Waals surface area (Å²) in [6, 6.07) is 13.3. The summed E-state index contributed by atoms with van der Waals surface area (Å²) in [5.74, 6) is -1.15. The van der Waals surface area contributed by atoms with E-state index >= 15 is 0 Å². The first-order valence-corrected chi connectivity index (χ1v) is 10.5. The number of ether oxygens (including phenoxy) is 1. The van der Waals surface area contributed by atoms with Crippen molar-refractivity contribution in [1.82, 2.24) is 9.55 Å². The number of amides is 1. The Hall–Kier alpha value is -3.27. The maximum absolute atomic E-state index is 13.2. The van der Waals surface area contributed by atoms with Crippen molar-refractivity contribution in [2.24, 2.45) is 0 Å². The molecule has 1 heterocycles. The average Bonchev–Trinajstić information content (AvgIpc) is 3.14. The Morgan fingerprint density at radius 1 is 1.16 bits per heavy atom. The van der Waals surface area contributed by atoms with Crippen LogP contribution >= 0.6 is 11.8 Å². The fourth-order valence-electron chi connectivity index (χ4n) is 2.96. The van der Waals surface area contributed by atoms with Gasteiger partial charge in [-0.2, -0.15) is 13.2 Å². The number of alkyl halides is 3. The molecule has 0 spiro atoms. The molecule has 1 N–H and O–H groups in total. The molecule has 0 atom stereocenters. The van der Waals surface area contributed by atoms with E-state index < -0.39 is 24.6 Å². The van der Waals surface area contributed by atoms with Crippen LogP contribution in [0.5, 0.6) is 0 Å². The molecule has 32 heavy (non-hydrogen) atoms. The number of aromatic nitrogens is 2. The molecule has 3 aromatic rings. The molecule has 0 aliphatic heterocycles. The van der Waals surface area contributed by atoms with Gasteiger partial charge >= 0.3 is 12.1 Å². The highest BCUT2D eigenvalue weighted by molar-refractivity contribution is 7.99. The van der Waals surface area contributed by atoms with E-state index in [1.54, 1.807) is 49.4 Å². The second-order valence-electron chi connectivity index (χ2n) is 6.85. The number of carbonyl (C=O) groups excluding carboxylic acids is 2. The molecule has 2 aromatic carbocycles. The maximum atomic E-state index is 13.2. The molecule has 0 unspecified atom stereocenters. The minimum atomic E-state index is -4.45. The predicted octanol–water partition coefficient (Wildman–Crippen LogP) is 4.94. The van der Waals surface area contributed by atoms with Crippen molar-refractivity contribution in [3.63, 3.8) is 0 Å². The molecule has 0 radical (unpaired) electrons. The van der Waals surface area contributed by atoms with Crippen molar-refractivity contribution in [3.05, 3.63) is 65.9 Å². The predicted molar refractivity (Wildman–Crippen MR) is 116 cm³/mol. The summed E-state index contributed by atoms with van der Waals surface area (Å²) in [4.78, 5) is 28.3. The van der Waals surface area contributed by atoms with Crippen LogP contribution in [0.1, 0.15) is 15.9 Å². The Kier molecular flexibility index (Phi) is 7.24. The molecule has 0 aliphatic rings. The molecule has 0 bridgehead atoms. The highest BCUT2D eigenvalue weighted by Gasteiger charge is 2.31. The van der Waals surface area contributed by atoms with Crippen molar-refractivity contribution < 1.29 is 27.5 Å². The number of rotatable bonds is 7. The van der Waals surface area contributed by atoms with Crippen LogP contribution in [0.2, 0.25) is 0 Å². The first-order valence-electron chi connectivity index (χ1n) is 9.47. The number of thioether (sulfide) groups is 1. The minimum Gasteiger partial charge on any atom is -0.465 e. The van der Waals surface area contributed by atoms with Crippen LogP contribution in [0, 0.1) is 6.92 Å². The number of esters is 1. The normalized spacial score (nSPS) is 11.3. The number of carbonyl (C=O) groups is 2. The quantitative estimate of drug-likeness (QED) is 0.397. The van der Waals surface area contributed by atoms with Gasteiger partial charge in [-0.3, -0.25) is 4.79 Å². The van der Waals surface area contributed by atoms with Gasteiger partial charge in [0.2, 0.25) is 5.91 Å². The molecular weight excluding hydrogens is 443 g/mol. The number of hydrogen-bond donors (Lipinski definition) is 1. The molecule has 0 aliphatic carbocycles. The number of benzene rings is 2. The minimum absolute atomic E-state index is 0.0800. The van der Waals surface area contributed by atoms with Crippen LogP contribution in [-0.4, -0.2) is 40.5 Å². The van der Waals surface area contributed by atoms with E-state index in [2.05, 4.69) is 15.0 Å². The largest absolute Gasteiger partial charge is 0.465 e. The van der Waals surface area contributed by atoms with E-state index in [4.69, 9.17) is 0 Å². The Morgan fingerprint density at radius 3 is 2.53 bits per heavy atom. The van der Waals surface area contributed by atoms with Crippen LogP contribution in [0.4, 0.5) is 18.9 Å². The van der Waals surface area contributed by atoms with Gasteiger partial charge in [0.15, 0.2) is 5.16 Å². The van der Waals surface area contributed by atoms with Crippen molar-refractivity contribution in [1.29, 1.82) is 0 Å². The monoisotopic (exact) mass is 463 g/mol. The van der Waals surface area contributed by atoms with Gasteiger partial charge in [0, 0.05) is 5.69 Å². The summed E-state index contributed by atoms with van der Waals surface area (Å²) < 4.78 is 45.3. The zero-order chi connectivity index (χ0) is 23.3. The summed E-state index contributed by atoms with van der Waals surface area (Å²) in [6.07, 6.45) is -3.08. The topological polar surface area (TPSA) is 73.2 Å². The third-order valence-corrected chi connectivity index (χ3v) is 5.48. The van der Waals surface area contributed by atoms with Gasteiger partial charge in [0.1, 0.15) is 6.54 Å². The molecule has 168 valence electrons. The number of nitrogens with zero attached hydrogens (tertiary/aromatic N) is 2. The van der Waals surface area contributed by atoms with Gasteiger partial charge in [-0.05, 0) is 30.2 Å². The van der Waals surface area contributed by atoms with Gasteiger partial charge in [-0.15, -0.1) is 0 Å². The van der Waals surface area contributed by atoms with Gasteiger partial charge in [0.05, 0.1) is 30.3 Å². The molecule has 0 fully saturated rings. The third-order valence-electron chi connectivity index (χ3n) is 4.49. The zero-order valence-electron chi connectivity index (χ0n) is 17.3. The average molecular weight is 463 g/mol. The first kappa shape index (κ1) is 23.4. The Morgan fingerprint density at radius 2 is 1.88 bits per heavy atom. The molecule has 1 amide bonds. The molecule has 10 heteroatoms. The number of nitrogens with one attached hydrogen (secondary N) is 1. The maximum Gasteiger partial charge on any atom is 0.406 e. The van der Waals surface area contributed by atoms with E-state index in [0.29, 0.717) is 16.9 Å².